The van der Waals surface area contributed by atoms with E-state index in [9.17, 15) is 0 Å². The first-order valence-electron chi connectivity index (χ1n) is 5.59. The monoisotopic (exact) mass is 314 g/mol. The molecule has 1 aromatic carbocycles. The van der Waals surface area contributed by atoms with E-state index in [-0.39, 0.29) is 0 Å². The zero-order valence-corrected chi connectivity index (χ0v) is 11.7. The van der Waals surface area contributed by atoms with Crippen LogP contribution in [-0.4, -0.2) is 3.92 Å². The van der Waals surface area contributed by atoms with Gasteiger partial charge in [-0.05, 0) is 31.7 Å². The average Bonchev–Trinajstić information content (AvgIpc) is 2.26. The van der Waals surface area contributed by atoms with Crippen molar-refractivity contribution in [2.75, 3.05) is 0 Å². The molecule has 0 amide bonds. The molecular formula is C14H19I. The molecule has 1 atom stereocenters. The molecule has 0 bridgehead atoms. The van der Waals surface area contributed by atoms with Gasteiger partial charge in [-0.25, -0.2) is 0 Å². The molecule has 0 aromatic heterocycles. The second kappa shape index (κ2) is 7.04. The molecule has 0 spiro atoms. The summed E-state index contributed by atoms with van der Waals surface area (Å²) in [7, 11) is 0. The fourth-order valence-electron chi connectivity index (χ4n) is 1.38. The highest BCUT2D eigenvalue weighted by Crippen LogP contribution is 2.13. The zero-order chi connectivity index (χ0) is 11.1. The smallest absolute Gasteiger partial charge is 0.0110 e. The first-order valence-corrected chi connectivity index (χ1v) is 6.84. The molecule has 1 rings (SSSR count). The Morgan fingerprint density at radius 1 is 1.27 bits per heavy atom. The van der Waals surface area contributed by atoms with Crippen LogP contribution >= 0.6 is 22.6 Å². The highest BCUT2D eigenvalue weighted by Gasteiger charge is 1.96. The highest BCUT2D eigenvalue weighted by molar-refractivity contribution is 14.1. The molecule has 0 fully saturated rings. The van der Waals surface area contributed by atoms with Crippen LogP contribution in [0.4, 0.5) is 0 Å². The van der Waals surface area contributed by atoms with Crippen LogP contribution in [0.2, 0.25) is 0 Å². The lowest BCUT2D eigenvalue weighted by molar-refractivity contribution is 0.774. The van der Waals surface area contributed by atoms with Gasteiger partial charge in [0.1, 0.15) is 0 Å². The van der Waals surface area contributed by atoms with Crippen molar-refractivity contribution in [1.29, 1.82) is 0 Å². The molecule has 1 aromatic rings. The van der Waals surface area contributed by atoms with Crippen LogP contribution in [-0.2, 0) is 0 Å². The summed E-state index contributed by atoms with van der Waals surface area (Å²) in [5.74, 6) is 0. The van der Waals surface area contributed by atoms with E-state index in [2.05, 4.69) is 72.9 Å². The SMILES string of the molecule is CCC(I)CCC=Cc1ccc(C)cc1. The Labute approximate surface area is 107 Å². The minimum absolute atomic E-state index is 0.824. The van der Waals surface area contributed by atoms with Crippen LogP contribution in [0.15, 0.2) is 30.3 Å². The van der Waals surface area contributed by atoms with Crippen LogP contribution in [0.1, 0.15) is 37.3 Å². The summed E-state index contributed by atoms with van der Waals surface area (Å²) in [6.07, 6.45) is 8.26. The Balaban J connectivity index is 2.35. The maximum absolute atomic E-state index is 2.53. The van der Waals surface area contributed by atoms with Crippen molar-refractivity contribution in [2.24, 2.45) is 0 Å². The molecule has 15 heavy (non-hydrogen) atoms. The Kier molecular flexibility index (Phi) is 5.99. The van der Waals surface area contributed by atoms with Crippen molar-refractivity contribution in [3.8, 4) is 0 Å². The Bertz CT molecular complexity index is 298. The van der Waals surface area contributed by atoms with E-state index in [0.717, 1.165) is 3.92 Å². The summed E-state index contributed by atoms with van der Waals surface area (Å²) in [5, 5.41) is 0. The predicted molar refractivity (Wildman–Crippen MR) is 77.5 cm³/mol. The summed E-state index contributed by atoms with van der Waals surface area (Å²) in [6.45, 7) is 4.37. The quantitative estimate of drug-likeness (QED) is 0.530. The van der Waals surface area contributed by atoms with Gasteiger partial charge in [-0.1, -0.05) is 71.5 Å². The van der Waals surface area contributed by atoms with E-state index < -0.39 is 0 Å². The number of benzene rings is 1. The van der Waals surface area contributed by atoms with E-state index in [0.29, 0.717) is 0 Å². The molecule has 1 unspecified atom stereocenters. The number of rotatable bonds is 5. The van der Waals surface area contributed by atoms with Crippen molar-refractivity contribution >= 4 is 28.7 Å². The molecule has 0 saturated heterocycles. The van der Waals surface area contributed by atoms with Gasteiger partial charge in [-0.2, -0.15) is 0 Å². The third-order valence-corrected chi connectivity index (χ3v) is 3.98. The molecule has 0 heterocycles. The molecule has 0 aliphatic rings. The number of alkyl halides is 1. The van der Waals surface area contributed by atoms with Gasteiger partial charge in [0.05, 0.1) is 0 Å². The maximum atomic E-state index is 2.53. The summed E-state index contributed by atoms with van der Waals surface area (Å²) in [4.78, 5) is 0. The van der Waals surface area contributed by atoms with Crippen LogP contribution in [0.25, 0.3) is 6.08 Å². The normalized spacial score (nSPS) is 13.3. The van der Waals surface area contributed by atoms with E-state index >= 15 is 0 Å². The molecule has 82 valence electrons. The first kappa shape index (κ1) is 12.8. The van der Waals surface area contributed by atoms with E-state index in [1.807, 2.05) is 0 Å². The van der Waals surface area contributed by atoms with Gasteiger partial charge >= 0.3 is 0 Å². The lowest BCUT2D eigenvalue weighted by atomic mass is 10.1. The molecule has 0 aliphatic heterocycles. The van der Waals surface area contributed by atoms with Crippen LogP contribution in [0, 0.1) is 6.92 Å². The van der Waals surface area contributed by atoms with E-state index in [4.69, 9.17) is 0 Å². The number of allylic oxidation sites excluding steroid dienone is 1. The minimum Gasteiger partial charge on any atom is -0.0839 e. The standard InChI is InChI=1S/C14H19I/c1-3-14(15)7-5-4-6-13-10-8-12(2)9-11-13/h4,6,8-11,14H,3,5,7H2,1-2H3. The van der Waals surface area contributed by atoms with Gasteiger partial charge in [-0.15, -0.1) is 0 Å². The Hall–Kier alpha value is -0.310. The average molecular weight is 314 g/mol. The number of hydrogen-bond donors (Lipinski definition) is 0. The Morgan fingerprint density at radius 3 is 2.53 bits per heavy atom. The number of hydrogen-bond acceptors (Lipinski definition) is 0. The van der Waals surface area contributed by atoms with Crippen molar-refractivity contribution in [3.05, 3.63) is 41.5 Å². The molecule has 1 heteroatoms. The number of aryl methyl sites for hydroxylation is 1. The van der Waals surface area contributed by atoms with Crippen LogP contribution < -0.4 is 0 Å². The summed E-state index contributed by atoms with van der Waals surface area (Å²) >= 11 is 2.53. The van der Waals surface area contributed by atoms with Gasteiger partial charge < -0.3 is 0 Å². The van der Waals surface area contributed by atoms with Gasteiger partial charge in [0, 0.05) is 3.92 Å². The lowest BCUT2D eigenvalue weighted by Crippen LogP contribution is -1.92. The van der Waals surface area contributed by atoms with Crippen molar-refractivity contribution in [3.63, 3.8) is 0 Å². The maximum Gasteiger partial charge on any atom is 0.0110 e. The summed E-state index contributed by atoms with van der Waals surface area (Å²) in [5.41, 5.74) is 2.63. The lowest BCUT2D eigenvalue weighted by Gasteiger charge is -2.02. The van der Waals surface area contributed by atoms with E-state index in [1.165, 1.54) is 30.4 Å². The largest absolute Gasteiger partial charge is 0.0839 e. The Morgan fingerprint density at radius 2 is 1.93 bits per heavy atom. The van der Waals surface area contributed by atoms with E-state index in [1.54, 1.807) is 0 Å². The second-order valence-corrected chi connectivity index (χ2v) is 5.66. The second-order valence-electron chi connectivity index (χ2n) is 3.90. The van der Waals surface area contributed by atoms with Gasteiger partial charge in [0.15, 0.2) is 0 Å². The molecule has 0 saturated carbocycles. The fraction of sp³-hybridized carbons (Fsp3) is 0.429. The third-order valence-electron chi connectivity index (χ3n) is 2.48. The molecule has 0 N–H and O–H groups in total. The van der Waals surface area contributed by atoms with Crippen LogP contribution in [0.3, 0.4) is 0 Å². The van der Waals surface area contributed by atoms with Crippen LogP contribution in [0.5, 0.6) is 0 Å². The van der Waals surface area contributed by atoms with Crippen molar-refractivity contribution in [2.45, 2.75) is 37.0 Å². The summed E-state index contributed by atoms with van der Waals surface area (Å²) < 4.78 is 0.824. The van der Waals surface area contributed by atoms with Gasteiger partial charge in [0.25, 0.3) is 0 Å². The van der Waals surface area contributed by atoms with Gasteiger partial charge in [-0.3, -0.25) is 0 Å². The van der Waals surface area contributed by atoms with Gasteiger partial charge in [0.2, 0.25) is 0 Å². The highest BCUT2D eigenvalue weighted by atomic mass is 127. The first-order chi connectivity index (χ1) is 7.22. The topological polar surface area (TPSA) is 0 Å². The minimum atomic E-state index is 0.824. The molecule has 0 nitrogen and oxygen atoms in total. The predicted octanol–water partition coefficient (Wildman–Crippen LogP) is 5.00. The van der Waals surface area contributed by atoms with Crippen molar-refractivity contribution < 1.29 is 0 Å². The third kappa shape index (κ3) is 5.36. The molecular weight excluding hydrogens is 295 g/mol. The fourth-order valence-corrected chi connectivity index (χ4v) is 1.74. The molecule has 0 aliphatic carbocycles. The summed E-state index contributed by atoms with van der Waals surface area (Å²) in [6, 6.07) is 8.67. The number of halogens is 1. The van der Waals surface area contributed by atoms with Crippen molar-refractivity contribution in [1.82, 2.24) is 0 Å². The molecule has 0 radical (unpaired) electrons. The zero-order valence-electron chi connectivity index (χ0n) is 9.54.